The Hall–Kier alpha value is -0.0200. The molecule has 0 aliphatic heterocycles. The predicted molar refractivity (Wildman–Crippen MR) is 79.0 cm³/mol. The first-order chi connectivity index (χ1) is 8.05. The summed E-state index contributed by atoms with van der Waals surface area (Å²) in [5.41, 5.74) is 1.45. The van der Waals surface area contributed by atoms with Crippen molar-refractivity contribution in [2.24, 2.45) is 0 Å². The van der Waals surface area contributed by atoms with Crippen LogP contribution in [-0.2, 0) is 11.2 Å². The molecule has 1 saturated carbocycles. The van der Waals surface area contributed by atoms with Crippen molar-refractivity contribution in [2.45, 2.75) is 69.3 Å². The molecule has 1 fully saturated rings. The maximum Gasteiger partial charge on any atom is 0.103 e. The molecule has 1 aromatic rings. The summed E-state index contributed by atoms with van der Waals surface area (Å²) in [5, 5.41) is 4.44. The summed E-state index contributed by atoms with van der Waals surface area (Å²) >= 11 is 3.96. The summed E-state index contributed by atoms with van der Waals surface area (Å²) < 4.78 is 0. The summed E-state index contributed by atoms with van der Waals surface area (Å²) in [6.07, 6.45) is 7.15. The number of hydrogen-bond donors (Lipinski definition) is 0. The van der Waals surface area contributed by atoms with Crippen molar-refractivity contribution in [1.29, 1.82) is 0 Å². The van der Waals surface area contributed by atoms with Crippen LogP contribution in [0, 0.1) is 0 Å². The largest absolute Gasteiger partial charge is 0.245 e. The average molecular weight is 269 g/mol. The van der Waals surface area contributed by atoms with Gasteiger partial charge < -0.3 is 0 Å². The van der Waals surface area contributed by atoms with Crippen LogP contribution < -0.4 is 0 Å². The third-order valence-corrected chi connectivity index (χ3v) is 5.73. The molecule has 96 valence electrons. The molecule has 0 aromatic carbocycles. The van der Waals surface area contributed by atoms with Crippen molar-refractivity contribution in [1.82, 2.24) is 4.98 Å². The van der Waals surface area contributed by atoms with Crippen molar-refractivity contribution in [3.8, 4) is 0 Å². The van der Waals surface area contributed by atoms with Gasteiger partial charge in [0, 0.05) is 21.8 Å². The summed E-state index contributed by atoms with van der Waals surface area (Å²) in [5.74, 6) is 1.12. The molecule has 1 aliphatic carbocycles. The van der Waals surface area contributed by atoms with Crippen LogP contribution >= 0.6 is 23.1 Å². The first-order valence-electron chi connectivity index (χ1n) is 6.62. The van der Waals surface area contributed by atoms with E-state index in [1.165, 1.54) is 42.8 Å². The van der Waals surface area contributed by atoms with Crippen molar-refractivity contribution < 1.29 is 0 Å². The van der Waals surface area contributed by atoms with Gasteiger partial charge in [-0.15, -0.1) is 11.3 Å². The van der Waals surface area contributed by atoms with Gasteiger partial charge in [-0.25, -0.2) is 4.98 Å². The maximum atomic E-state index is 4.76. The predicted octanol–water partition coefficient (Wildman–Crippen LogP) is 5.01. The van der Waals surface area contributed by atoms with E-state index in [2.05, 4.69) is 37.9 Å². The fourth-order valence-electron chi connectivity index (χ4n) is 2.14. The summed E-state index contributed by atoms with van der Waals surface area (Å²) in [6.45, 7) is 6.71. The number of hydrogen-bond acceptors (Lipinski definition) is 3. The SMILES string of the molecule is CC(C)(C)c1csc(CSC2CCCCC2)n1. The van der Waals surface area contributed by atoms with Crippen molar-refractivity contribution in [3.05, 3.63) is 16.1 Å². The van der Waals surface area contributed by atoms with Crippen molar-refractivity contribution in [2.75, 3.05) is 0 Å². The van der Waals surface area contributed by atoms with Gasteiger partial charge in [0.05, 0.1) is 5.69 Å². The standard InChI is InChI=1S/C14H23NS2/c1-14(2,3)12-9-17-13(15-12)10-16-11-7-5-4-6-8-11/h9,11H,4-8,10H2,1-3H3. The van der Waals surface area contributed by atoms with Crippen LogP contribution in [0.4, 0.5) is 0 Å². The van der Waals surface area contributed by atoms with Gasteiger partial charge in [-0.05, 0) is 12.8 Å². The lowest BCUT2D eigenvalue weighted by molar-refractivity contribution is 0.516. The molecule has 1 aliphatic rings. The molecule has 1 nitrogen and oxygen atoms in total. The Morgan fingerprint density at radius 2 is 2.00 bits per heavy atom. The first-order valence-corrected chi connectivity index (χ1v) is 8.55. The lowest BCUT2D eigenvalue weighted by atomic mass is 9.93. The molecular formula is C14H23NS2. The molecule has 0 N–H and O–H groups in total. The van der Waals surface area contributed by atoms with E-state index in [0.29, 0.717) is 0 Å². The topological polar surface area (TPSA) is 12.9 Å². The lowest BCUT2D eigenvalue weighted by Crippen LogP contribution is -2.11. The Labute approximate surface area is 113 Å². The molecule has 0 unspecified atom stereocenters. The van der Waals surface area contributed by atoms with E-state index in [-0.39, 0.29) is 5.41 Å². The minimum atomic E-state index is 0.199. The molecule has 0 amide bonds. The molecule has 1 aromatic heterocycles. The van der Waals surface area contributed by atoms with Crippen LogP contribution in [0.1, 0.15) is 63.6 Å². The van der Waals surface area contributed by atoms with Gasteiger partial charge in [0.1, 0.15) is 5.01 Å². The fourth-order valence-corrected chi connectivity index (χ4v) is 4.53. The number of thioether (sulfide) groups is 1. The molecule has 1 heterocycles. The second-order valence-corrected chi connectivity index (χ2v) is 8.18. The highest BCUT2D eigenvalue weighted by atomic mass is 32.2. The van der Waals surface area contributed by atoms with Crippen molar-refractivity contribution >= 4 is 23.1 Å². The highest BCUT2D eigenvalue weighted by Gasteiger charge is 2.18. The molecule has 0 atom stereocenters. The van der Waals surface area contributed by atoms with Gasteiger partial charge in [0.15, 0.2) is 0 Å². The first kappa shape index (κ1) is 13.4. The summed E-state index contributed by atoms with van der Waals surface area (Å²) in [6, 6.07) is 0. The van der Waals surface area contributed by atoms with Crippen LogP contribution in [0.2, 0.25) is 0 Å². The highest BCUT2D eigenvalue weighted by Crippen LogP contribution is 2.32. The van der Waals surface area contributed by atoms with Gasteiger partial charge in [-0.2, -0.15) is 11.8 Å². The number of nitrogens with zero attached hydrogens (tertiary/aromatic N) is 1. The highest BCUT2D eigenvalue weighted by molar-refractivity contribution is 7.99. The lowest BCUT2D eigenvalue weighted by Gasteiger charge is -2.20. The van der Waals surface area contributed by atoms with Gasteiger partial charge >= 0.3 is 0 Å². The monoisotopic (exact) mass is 269 g/mol. The Morgan fingerprint density at radius 1 is 1.29 bits per heavy atom. The Bertz CT molecular complexity index is 345. The minimum Gasteiger partial charge on any atom is -0.245 e. The van der Waals surface area contributed by atoms with Crippen LogP contribution in [0.25, 0.3) is 0 Å². The Morgan fingerprint density at radius 3 is 2.59 bits per heavy atom. The molecule has 0 spiro atoms. The molecular weight excluding hydrogens is 246 g/mol. The fraction of sp³-hybridized carbons (Fsp3) is 0.786. The summed E-state index contributed by atoms with van der Waals surface area (Å²) in [4.78, 5) is 4.76. The summed E-state index contributed by atoms with van der Waals surface area (Å²) in [7, 11) is 0. The van der Waals surface area contributed by atoms with Crippen LogP contribution in [0.3, 0.4) is 0 Å². The van der Waals surface area contributed by atoms with E-state index >= 15 is 0 Å². The quantitative estimate of drug-likeness (QED) is 0.765. The number of aromatic nitrogens is 1. The van der Waals surface area contributed by atoms with Crippen LogP contribution in [0.15, 0.2) is 5.38 Å². The van der Waals surface area contributed by atoms with Gasteiger partial charge in [0.25, 0.3) is 0 Å². The third kappa shape index (κ3) is 3.99. The zero-order valence-corrected chi connectivity index (χ0v) is 12.8. The number of thiazole rings is 1. The van der Waals surface area contributed by atoms with E-state index in [0.717, 1.165) is 11.0 Å². The maximum absolute atomic E-state index is 4.76. The minimum absolute atomic E-state index is 0.199. The van der Waals surface area contributed by atoms with E-state index < -0.39 is 0 Å². The Kier molecular flexibility index (Phi) is 4.53. The molecule has 0 radical (unpaired) electrons. The molecule has 3 heteroatoms. The number of rotatable bonds is 3. The van der Waals surface area contributed by atoms with Gasteiger partial charge in [-0.3, -0.25) is 0 Å². The van der Waals surface area contributed by atoms with Gasteiger partial charge in [-0.1, -0.05) is 40.0 Å². The van der Waals surface area contributed by atoms with E-state index in [1.807, 2.05) is 11.3 Å². The third-order valence-electron chi connectivity index (χ3n) is 3.31. The van der Waals surface area contributed by atoms with Crippen molar-refractivity contribution in [3.63, 3.8) is 0 Å². The smallest absolute Gasteiger partial charge is 0.103 e. The second kappa shape index (κ2) is 5.75. The van der Waals surface area contributed by atoms with E-state index in [1.54, 1.807) is 0 Å². The van der Waals surface area contributed by atoms with Crippen LogP contribution in [-0.4, -0.2) is 10.2 Å². The molecule has 17 heavy (non-hydrogen) atoms. The van der Waals surface area contributed by atoms with E-state index in [4.69, 9.17) is 4.98 Å². The molecule has 0 bridgehead atoms. The molecule has 0 saturated heterocycles. The van der Waals surface area contributed by atoms with E-state index in [9.17, 15) is 0 Å². The molecule has 2 rings (SSSR count). The second-order valence-electron chi connectivity index (χ2n) is 5.95. The average Bonchev–Trinajstić information content (AvgIpc) is 2.76. The van der Waals surface area contributed by atoms with Crippen LogP contribution in [0.5, 0.6) is 0 Å². The zero-order valence-electron chi connectivity index (χ0n) is 11.2. The van der Waals surface area contributed by atoms with Gasteiger partial charge in [0.2, 0.25) is 0 Å². The Balaban J connectivity index is 1.84. The normalized spacial score (nSPS) is 18.5. The zero-order chi connectivity index (χ0) is 12.3.